The topological polar surface area (TPSA) is 89.3 Å². The van der Waals surface area contributed by atoms with Crippen molar-refractivity contribution in [2.24, 2.45) is 5.14 Å². The van der Waals surface area contributed by atoms with E-state index in [0.29, 0.717) is 5.56 Å². The molecule has 2 rings (SSSR count). The van der Waals surface area contributed by atoms with Crippen LogP contribution in [0.1, 0.15) is 28.9 Å². The third-order valence-corrected chi connectivity index (χ3v) is 4.96. The van der Waals surface area contributed by atoms with Crippen LogP contribution < -0.4 is 10.5 Å². The summed E-state index contributed by atoms with van der Waals surface area (Å²) < 4.78 is 22.8. The molecule has 0 aliphatic carbocycles. The van der Waals surface area contributed by atoms with Gasteiger partial charge in [0.25, 0.3) is 5.91 Å². The van der Waals surface area contributed by atoms with Gasteiger partial charge in [0.1, 0.15) is 0 Å². The zero-order valence-corrected chi connectivity index (χ0v) is 14.4. The number of benzene rings is 2. The maximum Gasteiger partial charge on any atom is 0.253 e. The molecule has 23 heavy (non-hydrogen) atoms. The van der Waals surface area contributed by atoms with E-state index in [1.54, 1.807) is 37.3 Å². The molecule has 5 nitrogen and oxygen atoms in total. The van der Waals surface area contributed by atoms with E-state index in [9.17, 15) is 13.2 Å². The maximum absolute atomic E-state index is 12.3. The van der Waals surface area contributed by atoms with Gasteiger partial charge in [0, 0.05) is 0 Å². The molecule has 1 atom stereocenters. The smallest absolute Gasteiger partial charge is 0.253 e. The molecule has 2 aromatic rings. The van der Waals surface area contributed by atoms with E-state index in [4.69, 9.17) is 28.3 Å². The average Bonchev–Trinajstić information content (AvgIpc) is 2.49. The summed E-state index contributed by atoms with van der Waals surface area (Å²) in [4.78, 5) is 12.3. The molecule has 122 valence electrons. The first kappa shape index (κ1) is 17.7. The second-order valence-corrected chi connectivity index (χ2v) is 7.26. The lowest BCUT2D eigenvalue weighted by Gasteiger charge is -2.16. The Labute approximate surface area is 144 Å². The minimum atomic E-state index is -3.80. The average molecular weight is 373 g/mol. The highest BCUT2D eigenvalue weighted by Gasteiger charge is 2.17. The van der Waals surface area contributed by atoms with Crippen molar-refractivity contribution < 1.29 is 13.2 Å². The lowest BCUT2D eigenvalue weighted by Crippen LogP contribution is -2.27. The summed E-state index contributed by atoms with van der Waals surface area (Å²) >= 11 is 11.9. The fourth-order valence-corrected chi connectivity index (χ4v) is 2.95. The van der Waals surface area contributed by atoms with Crippen LogP contribution in [0.25, 0.3) is 0 Å². The largest absolute Gasteiger partial charge is 0.345 e. The van der Waals surface area contributed by atoms with Gasteiger partial charge in [0.15, 0.2) is 0 Å². The first-order chi connectivity index (χ1) is 10.7. The Hall–Kier alpha value is -1.60. The van der Waals surface area contributed by atoms with Crippen molar-refractivity contribution in [2.45, 2.75) is 17.9 Å². The van der Waals surface area contributed by atoms with Gasteiger partial charge < -0.3 is 5.32 Å². The van der Waals surface area contributed by atoms with Crippen LogP contribution in [0.15, 0.2) is 47.4 Å². The Kier molecular flexibility index (Phi) is 5.31. The molecule has 0 saturated heterocycles. The molecule has 0 radical (unpaired) electrons. The van der Waals surface area contributed by atoms with Crippen molar-refractivity contribution in [1.29, 1.82) is 0 Å². The monoisotopic (exact) mass is 372 g/mol. The highest BCUT2D eigenvalue weighted by atomic mass is 35.5. The number of carbonyl (C=O) groups excluding carboxylic acids is 1. The van der Waals surface area contributed by atoms with E-state index in [1.807, 2.05) is 0 Å². The minimum Gasteiger partial charge on any atom is -0.345 e. The van der Waals surface area contributed by atoms with Gasteiger partial charge in [0.2, 0.25) is 10.0 Å². The van der Waals surface area contributed by atoms with Gasteiger partial charge in [-0.2, -0.15) is 0 Å². The van der Waals surface area contributed by atoms with Crippen LogP contribution in [0.2, 0.25) is 10.0 Å². The summed E-state index contributed by atoms with van der Waals surface area (Å²) in [5, 5.41) is 8.29. The number of amides is 1. The summed E-state index contributed by atoms with van der Waals surface area (Å²) in [6.45, 7) is 1.72. The van der Waals surface area contributed by atoms with Crippen LogP contribution in [0.5, 0.6) is 0 Å². The first-order valence-corrected chi connectivity index (χ1v) is 8.88. The number of hydrogen-bond donors (Lipinski definition) is 2. The minimum absolute atomic E-state index is 0.0168. The summed E-state index contributed by atoms with van der Waals surface area (Å²) in [5.41, 5.74) is 0.844. The number of halogens is 2. The quantitative estimate of drug-likeness (QED) is 0.863. The maximum atomic E-state index is 12.3. The first-order valence-electron chi connectivity index (χ1n) is 6.58. The van der Waals surface area contributed by atoms with Gasteiger partial charge in [0.05, 0.1) is 26.5 Å². The van der Waals surface area contributed by atoms with Crippen molar-refractivity contribution in [3.05, 3.63) is 63.6 Å². The van der Waals surface area contributed by atoms with Gasteiger partial charge in [-0.3, -0.25) is 4.79 Å². The molecule has 8 heteroatoms. The van der Waals surface area contributed by atoms with E-state index in [-0.39, 0.29) is 20.5 Å². The standard InChI is InChI=1S/C15H14Cl2N2O3S/c1-9(10-4-2-5-11(8-10)23(18,21)22)19-15(20)12-6-3-7-13(16)14(12)17/h2-9H,1H3,(H,19,20)(H2,18,21,22). The molecule has 3 N–H and O–H groups in total. The molecule has 1 unspecified atom stereocenters. The predicted octanol–water partition coefficient (Wildman–Crippen LogP) is 3.13. The van der Waals surface area contributed by atoms with E-state index < -0.39 is 22.0 Å². The third-order valence-electron chi connectivity index (χ3n) is 3.23. The Morgan fingerprint density at radius 3 is 2.48 bits per heavy atom. The number of rotatable bonds is 4. The van der Waals surface area contributed by atoms with Gasteiger partial charge in [-0.1, -0.05) is 41.4 Å². The molecule has 2 aromatic carbocycles. The number of sulfonamides is 1. The molecule has 0 saturated carbocycles. The van der Waals surface area contributed by atoms with Crippen molar-refractivity contribution in [3.8, 4) is 0 Å². The van der Waals surface area contributed by atoms with E-state index in [1.165, 1.54) is 12.1 Å². The van der Waals surface area contributed by atoms with E-state index in [2.05, 4.69) is 5.32 Å². The summed E-state index contributed by atoms with van der Waals surface area (Å²) in [7, 11) is -3.80. The number of nitrogens with one attached hydrogen (secondary N) is 1. The van der Waals surface area contributed by atoms with Gasteiger partial charge >= 0.3 is 0 Å². The summed E-state index contributed by atoms with van der Waals surface area (Å²) in [6, 6.07) is 10.4. The van der Waals surface area contributed by atoms with Crippen LogP contribution in [0, 0.1) is 0 Å². The number of nitrogens with two attached hydrogens (primary N) is 1. The van der Waals surface area contributed by atoms with E-state index in [0.717, 1.165) is 0 Å². The Morgan fingerprint density at radius 1 is 1.17 bits per heavy atom. The Bertz CT molecular complexity index is 854. The van der Waals surface area contributed by atoms with Crippen molar-refractivity contribution in [1.82, 2.24) is 5.32 Å². The highest BCUT2D eigenvalue weighted by Crippen LogP contribution is 2.26. The van der Waals surface area contributed by atoms with E-state index >= 15 is 0 Å². The number of primary sulfonamides is 1. The van der Waals surface area contributed by atoms with Crippen LogP contribution in [-0.2, 0) is 10.0 Å². The van der Waals surface area contributed by atoms with Crippen LogP contribution in [0.4, 0.5) is 0 Å². The van der Waals surface area contributed by atoms with Gasteiger partial charge in [-0.15, -0.1) is 0 Å². The lowest BCUT2D eigenvalue weighted by atomic mass is 10.1. The molecule has 0 aliphatic rings. The Morgan fingerprint density at radius 2 is 1.83 bits per heavy atom. The lowest BCUT2D eigenvalue weighted by molar-refractivity contribution is 0.0940. The van der Waals surface area contributed by atoms with Crippen molar-refractivity contribution in [3.63, 3.8) is 0 Å². The molecule has 0 heterocycles. The molecule has 0 aliphatic heterocycles. The molecular formula is C15H14Cl2N2O3S. The number of hydrogen-bond acceptors (Lipinski definition) is 3. The molecule has 0 aromatic heterocycles. The SMILES string of the molecule is CC(NC(=O)c1cccc(Cl)c1Cl)c1cccc(S(N)(=O)=O)c1. The molecule has 0 spiro atoms. The third kappa shape index (κ3) is 4.23. The fraction of sp³-hybridized carbons (Fsp3) is 0.133. The van der Waals surface area contributed by atoms with Crippen LogP contribution >= 0.6 is 23.2 Å². The zero-order valence-electron chi connectivity index (χ0n) is 12.1. The van der Waals surface area contributed by atoms with Crippen LogP contribution in [0.3, 0.4) is 0 Å². The molecule has 1 amide bonds. The fourth-order valence-electron chi connectivity index (χ4n) is 2.00. The zero-order chi connectivity index (χ0) is 17.2. The van der Waals surface area contributed by atoms with Crippen molar-refractivity contribution in [2.75, 3.05) is 0 Å². The highest BCUT2D eigenvalue weighted by molar-refractivity contribution is 7.89. The normalized spacial score (nSPS) is 12.7. The van der Waals surface area contributed by atoms with Crippen LogP contribution in [-0.4, -0.2) is 14.3 Å². The second kappa shape index (κ2) is 6.88. The van der Waals surface area contributed by atoms with Gasteiger partial charge in [-0.25, -0.2) is 13.6 Å². The molecule has 0 fully saturated rings. The predicted molar refractivity (Wildman–Crippen MR) is 90.2 cm³/mol. The molecule has 0 bridgehead atoms. The van der Waals surface area contributed by atoms with Gasteiger partial charge in [-0.05, 0) is 36.8 Å². The Balaban J connectivity index is 2.24. The summed E-state index contributed by atoms with van der Waals surface area (Å²) in [5.74, 6) is -0.411. The van der Waals surface area contributed by atoms with Crippen molar-refractivity contribution >= 4 is 39.1 Å². The second-order valence-electron chi connectivity index (χ2n) is 4.91. The summed E-state index contributed by atoms with van der Waals surface area (Å²) in [6.07, 6.45) is 0. The molecular weight excluding hydrogens is 359 g/mol. The number of carbonyl (C=O) groups is 1.